The average Bonchev–Trinajstić information content (AvgIpc) is 2.95. The molecule has 0 fully saturated rings. The molecule has 1 amide bonds. The van der Waals surface area contributed by atoms with Crippen molar-refractivity contribution in [2.75, 3.05) is 27.4 Å². The van der Waals surface area contributed by atoms with Crippen LogP contribution in [0.15, 0.2) is 76.3 Å². The first-order valence-electron chi connectivity index (χ1n) is 12.3. The van der Waals surface area contributed by atoms with Gasteiger partial charge in [-0.05, 0) is 61.5 Å². The molecular formula is C28H29N5O6. The predicted octanol–water partition coefficient (Wildman–Crippen LogP) is 2.37. The van der Waals surface area contributed by atoms with Crippen LogP contribution in [0, 0.1) is 0 Å². The van der Waals surface area contributed by atoms with Gasteiger partial charge in [0.2, 0.25) is 5.91 Å². The lowest BCUT2D eigenvalue weighted by molar-refractivity contribution is -0.121. The van der Waals surface area contributed by atoms with Crippen LogP contribution >= 0.6 is 0 Å². The molecule has 4 aromatic rings. The summed E-state index contributed by atoms with van der Waals surface area (Å²) in [5.41, 5.74) is 1.92. The summed E-state index contributed by atoms with van der Waals surface area (Å²) in [5.74, 6) is 1.40. The van der Waals surface area contributed by atoms with E-state index in [4.69, 9.17) is 14.2 Å². The van der Waals surface area contributed by atoms with Crippen LogP contribution < -0.4 is 30.6 Å². The molecule has 11 nitrogen and oxygen atoms in total. The zero-order chi connectivity index (χ0) is 27.8. The first-order valence-corrected chi connectivity index (χ1v) is 12.3. The summed E-state index contributed by atoms with van der Waals surface area (Å²) in [6, 6.07) is 18.7. The Kier molecular flexibility index (Phi) is 8.72. The van der Waals surface area contributed by atoms with Crippen molar-refractivity contribution >= 4 is 5.91 Å². The molecule has 39 heavy (non-hydrogen) atoms. The average molecular weight is 532 g/mol. The second kappa shape index (κ2) is 12.5. The zero-order valence-electron chi connectivity index (χ0n) is 21.9. The number of hydrogen-bond donors (Lipinski definition) is 1. The van der Waals surface area contributed by atoms with Crippen molar-refractivity contribution in [1.29, 1.82) is 0 Å². The quantitative estimate of drug-likeness (QED) is 0.313. The largest absolute Gasteiger partial charge is 0.494 e. The van der Waals surface area contributed by atoms with Gasteiger partial charge in [0.25, 0.3) is 11.1 Å². The smallest absolute Gasteiger partial charge is 0.267 e. The second-order valence-electron chi connectivity index (χ2n) is 8.37. The number of methoxy groups -OCH3 is 2. The van der Waals surface area contributed by atoms with Crippen LogP contribution in [0.25, 0.3) is 22.5 Å². The van der Waals surface area contributed by atoms with E-state index in [1.165, 1.54) is 23.9 Å². The maximum absolute atomic E-state index is 12.6. The van der Waals surface area contributed by atoms with E-state index >= 15 is 0 Å². The maximum Gasteiger partial charge on any atom is 0.267 e. The number of nitrogens with zero attached hydrogens (tertiary/aromatic N) is 4. The number of nitrogens with one attached hydrogen (secondary N) is 1. The highest BCUT2D eigenvalue weighted by Crippen LogP contribution is 2.31. The fourth-order valence-electron chi connectivity index (χ4n) is 3.86. The predicted molar refractivity (Wildman–Crippen MR) is 145 cm³/mol. The monoisotopic (exact) mass is 531 g/mol. The normalized spacial score (nSPS) is 10.6. The summed E-state index contributed by atoms with van der Waals surface area (Å²) in [7, 11) is 3.07. The van der Waals surface area contributed by atoms with Gasteiger partial charge in [0, 0.05) is 29.8 Å². The molecule has 0 saturated carbocycles. The van der Waals surface area contributed by atoms with Crippen LogP contribution in [-0.4, -0.2) is 52.8 Å². The van der Waals surface area contributed by atoms with Crippen molar-refractivity contribution in [3.05, 3.63) is 87.4 Å². The lowest BCUT2D eigenvalue weighted by Gasteiger charge is -2.11. The molecule has 0 aliphatic rings. The van der Waals surface area contributed by atoms with Crippen molar-refractivity contribution in [2.24, 2.45) is 0 Å². The molecule has 1 N–H and O–H groups in total. The van der Waals surface area contributed by atoms with Gasteiger partial charge < -0.3 is 19.5 Å². The second-order valence-corrected chi connectivity index (χ2v) is 8.37. The molecule has 11 heteroatoms. The van der Waals surface area contributed by atoms with Gasteiger partial charge in [-0.1, -0.05) is 0 Å². The van der Waals surface area contributed by atoms with Crippen LogP contribution in [0.2, 0.25) is 0 Å². The number of ether oxygens (including phenoxy) is 3. The molecular weight excluding hydrogens is 502 g/mol. The number of hydrogen-bond acceptors (Lipinski definition) is 8. The standard InChI is InChI=1S/C28H29N5O6/c1-4-39-21-8-5-19(6-9-21)22-10-13-27(35)32(30-22)16-15-29-26(34)18-33-28(36)14-11-23(31-33)20-7-12-24(37-2)25(17-20)38-3/h5-14,17H,4,15-16,18H2,1-3H3,(H,29,34). The van der Waals surface area contributed by atoms with Gasteiger partial charge in [-0.2, -0.15) is 10.2 Å². The molecule has 4 rings (SSSR count). The molecule has 0 bridgehead atoms. The van der Waals surface area contributed by atoms with Gasteiger partial charge in [-0.15, -0.1) is 0 Å². The van der Waals surface area contributed by atoms with E-state index in [0.29, 0.717) is 35.1 Å². The van der Waals surface area contributed by atoms with Crippen molar-refractivity contribution in [3.8, 4) is 39.8 Å². The van der Waals surface area contributed by atoms with E-state index in [0.717, 1.165) is 16.0 Å². The highest BCUT2D eigenvalue weighted by molar-refractivity contribution is 5.75. The van der Waals surface area contributed by atoms with Crippen LogP contribution in [0.1, 0.15) is 6.92 Å². The molecule has 0 aliphatic carbocycles. The topological polar surface area (TPSA) is 127 Å². The third kappa shape index (κ3) is 6.69. The molecule has 2 heterocycles. The number of rotatable bonds is 11. The summed E-state index contributed by atoms with van der Waals surface area (Å²) in [6.07, 6.45) is 0. The van der Waals surface area contributed by atoms with E-state index < -0.39 is 11.5 Å². The minimum absolute atomic E-state index is 0.141. The SMILES string of the molecule is CCOc1ccc(-c2ccc(=O)n(CCNC(=O)Cn3nc(-c4ccc(OC)c(OC)c4)ccc3=O)n2)cc1. The Balaban J connectivity index is 1.40. The first kappa shape index (κ1) is 27.1. The number of amides is 1. The Morgan fingerprint density at radius 2 is 1.41 bits per heavy atom. The summed E-state index contributed by atoms with van der Waals surface area (Å²) in [6.45, 7) is 2.50. The Bertz CT molecular complexity index is 1560. The van der Waals surface area contributed by atoms with E-state index in [-0.39, 0.29) is 25.2 Å². The van der Waals surface area contributed by atoms with Crippen molar-refractivity contribution in [2.45, 2.75) is 20.0 Å². The van der Waals surface area contributed by atoms with Gasteiger partial charge in [0.05, 0.1) is 38.8 Å². The van der Waals surface area contributed by atoms with Crippen LogP contribution in [-0.2, 0) is 17.9 Å². The van der Waals surface area contributed by atoms with Gasteiger partial charge in [-0.25, -0.2) is 9.36 Å². The summed E-state index contributed by atoms with van der Waals surface area (Å²) in [5, 5.41) is 11.5. The zero-order valence-corrected chi connectivity index (χ0v) is 21.9. The molecule has 2 aromatic heterocycles. The van der Waals surface area contributed by atoms with Gasteiger partial charge in [-0.3, -0.25) is 14.4 Å². The van der Waals surface area contributed by atoms with Gasteiger partial charge in [0.1, 0.15) is 12.3 Å². The van der Waals surface area contributed by atoms with Crippen molar-refractivity contribution in [3.63, 3.8) is 0 Å². The molecule has 0 spiro atoms. The summed E-state index contributed by atoms with van der Waals surface area (Å²) in [4.78, 5) is 37.2. The van der Waals surface area contributed by atoms with Gasteiger partial charge in [0.15, 0.2) is 11.5 Å². The lowest BCUT2D eigenvalue weighted by atomic mass is 10.1. The number of carbonyl (C=O) groups excluding carboxylic acids is 1. The number of aromatic nitrogens is 4. The Hall–Kier alpha value is -4.93. The van der Waals surface area contributed by atoms with Gasteiger partial charge >= 0.3 is 0 Å². The third-order valence-electron chi connectivity index (χ3n) is 5.81. The Morgan fingerprint density at radius 1 is 0.795 bits per heavy atom. The number of benzene rings is 2. The molecule has 2 aromatic carbocycles. The maximum atomic E-state index is 12.6. The van der Waals surface area contributed by atoms with E-state index in [9.17, 15) is 14.4 Å². The third-order valence-corrected chi connectivity index (χ3v) is 5.81. The molecule has 0 saturated heterocycles. The van der Waals surface area contributed by atoms with Crippen LogP contribution in [0.5, 0.6) is 17.2 Å². The minimum atomic E-state index is -0.426. The Morgan fingerprint density at radius 3 is 2.08 bits per heavy atom. The fraction of sp³-hybridized carbons (Fsp3) is 0.250. The van der Waals surface area contributed by atoms with Crippen molar-refractivity contribution < 1.29 is 19.0 Å². The minimum Gasteiger partial charge on any atom is -0.494 e. The fourth-order valence-corrected chi connectivity index (χ4v) is 3.86. The lowest BCUT2D eigenvalue weighted by Crippen LogP contribution is -2.36. The Labute approximate surface area is 224 Å². The molecule has 0 radical (unpaired) electrons. The highest BCUT2D eigenvalue weighted by atomic mass is 16.5. The molecule has 0 atom stereocenters. The molecule has 0 aliphatic heterocycles. The van der Waals surface area contributed by atoms with E-state index in [2.05, 4.69) is 15.5 Å². The van der Waals surface area contributed by atoms with Crippen LogP contribution in [0.3, 0.4) is 0 Å². The highest BCUT2D eigenvalue weighted by Gasteiger charge is 2.11. The summed E-state index contributed by atoms with van der Waals surface area (Å²) >= 11 is 0. The molecule has 202 valence electrons. The first-order chi connectivity index (χ1) is 18.9. The van der Waals surface area contributed by atoms with E-state index in [1.54, 1.807) is 37.4 Å². The summed E-state index contributed by atoms with van der Waals surface area (Å²) < 4.78 is 18.4. The van der Waals surface area contributed by atoms with Crippen molar-refractivity contribution in [1.82, 2.24) is 24.9 Å². The number of carbonyl (C=O) groups is 1. The van der Waals surface area contributed by atoms with Crippen LogP contribution in [0.4, 0.5) is 0 Å². The molecule has 0 unspecified atom stereocenters. The van der Waals surface area contributed by atoms with E-state index in [1.807, 2.05) is 31.2 Å².